The summed E-state index contributed by atoms with van der Waals surface area (Å²) < 4.78 is 0. The van der Waals surface area contributed by atoms with Crippen molar-refractivity contribution >= 4 is 46.9 Å². The zero-order valence-corrected chi connectivity index (χ0v) is 12.2. The molecule has 102 valence electrons. The van der Waals surface area contributed by atoms with E-state index in [1.807, 2.05) is 0 Å². The molecule has 2 aromatic carbocycles. The Morgan fingerprint density at radius 3 is 2.50 bits per heavy atom. The largest absolute Gasteiger partial charge is 0.298 e. The molecule has 0 spiro atoms. The highest BCUT2D eigenvalue weighted by Crippen LogP contribution is 2.41. The lowest BCUT2D eigenvalue weighted by atomic mass is 10.2. The summed E-state index contributed by atoms with van der Waals surface area (Å²) >= 11 is 13.0. The molecule has 7 heteroatoms. The van der Waals surface area contributed by atoms with Gasteiger partial charge in [-0.3, -0.25) is 14.9 Å². The third-order valence-corrected chi connectivity index (χ3v) is 4.62. The third kappa shape index (κ3) is 2.95. The third-order valence-electron chi connectivity index (χ3n) is 2.48. The van der Waals surface area contributed by atoms with E-state index in [-0.39, 0.29) is 16.1 Å². The Balaban J connectivity index is 2.55. The molecule has 0 N–H and O–H groups in total. The van der Waals surface area contributed by atoms with Crippen molar-refractivity contribution in [3.63, 3.8) is 0 Å². The first kappa shape index (κ1) is 14.8. The van der Waals surface area contributed by atoms with Crippen LogP contribution in [0, 0.1) is 10.1 Å². The summed E-state index contributed by atoms with van der Waals surface area (Å²) in [7, 11) is 0. The molecule has 0 heterocycles. The van der Waals surface area contributed by atoms with Crippen molar-refractivity contribution < 1.29 is 9.72 Å². The van der Waals surface area contributed by atoms with Crippen LogP contribution in [0.1, 0.15) is 10.4 Å². The number of nitro groups is 1. The van der Waals surface area contributed by atoms with Crippen LogP contribution in [0.2, 0.25) is 10.0 Å². The summed E-state index contributed by atoms with van der Waals surface area (Å²) in [5, 5.41) is 11.7. The van der Waals surface area contributed by atoms with Crippen LogP contribution < -0.4 is 0 Å². The van der Waals surface area contributed by atoms with Crippen LogP contribution in [0.25, 0.3) is 0 Å². The predicted octanol–water partition coefficient (Wildman–Crippen LogP) is 4.87. The van der Waals surface area contributed by atoms with E-state index in [4.69, 9.17) is 23.2 Å². The van der Waals surface area contributed by atoms with E-state index in [1.165, 1.54) is 18.2 Å². The Labute approximate surface area is 128 Å². The van der Waals surface area contributed by atoms with Gasteiger partial charge in [-0.2, -0.15) is 0 Å². The Morgan fingerprint density at radius 2 is 1.85 bits per heavy atom. The zero-order valence-electron chi connectivity index (χ0n) is 9.88. The van der Waals surface area contributed by atoms with Gasteiger partial charge in [0.25, 0.3) is 5.69 Å². The average Bonchev–Trinajstić information content (AvgIpc) is 2.43. The van der Waals surface area contributed by atoms with Gasteiger partial charge in [-0.05, 0) is 12.1 Å². The van der Waals surface area contributed by atoms with Crippen molar-refractivity contribution in [3.8, 4) is 0 Å². The first-order valence-electron chi connectivity index (χ1n) is 5.39. The Bertz CT molecular complexity index is 691. The molecule has 0 aliphatic carbocycles. The van der Waals surface area contributed by atoms with Crippen molar-refractivity contribution in [2.75, 3.05) is 0 Å². The molecule has 0 atom stereocenters. The molecule has 0 saturated heterocycles. The molecule has 2 rings (SSSR count). The van der Waals surface area contributed by atoms with Crippen LogP contribution in [0.15, 0.2) is 46.2 Å². The van der Waals surface area contributed by atoms with Crippen LogP contribution >= 0.6 is 35.0 Å². The summed E-state index contributed by atoms with van der Waals surface area (Å²) in [5.74, 6) is 0. The van der Waals surface area contributed by atoms with Gasteiger partial charge in [-0.15, -0.1) is 0 Å². The van der Waals surface area contributed by atoms with E-state index >= 15 is 0 Å². The number of halogens is 2. The fraction of sp³-hybridized carbons (Fsp3) is 0. The van der Waals surface area contributed by atoms with Gasteiger partial charge < -0.3 is 0 Å². The maximum absolute atomic E-state index is 11.0. The molecule has 0 aliphatic rings. The molecule has 0 aromatic heterocycles. The maximum Gasteiger partial charge on any atom is 0.283 e. The number of nitrogens with zero attached hydrogens (tertiary/aromatic N) is 1. The standard InChI is InChI=1S/C13H7Cl2NO3S/c14-9-4-2-6-11(12(9)15)20-13-8(7-17)3-1-5-10(13)16(18)19/h1-7H. The van der Waals surface area contributed by atoms with Gasteiger partial charge in [0.15, 0.2) is 6.29 Å². The number of hydrogen-bond acceptors (Lipinski definition) is 4. The number of carbonyl (C=O) groups excluding carboxylic acids is 1. The van der Waals surface area contributed by atoms with E-state index in [2.05, 4.69) is 0 Å². The lowest BCUT2D eigenvalue weighted by molar-refractivity contribution is -0.387. The van der Waals surface area contributed by atoms with Crippen LogP contribution in [-0.4, -0.2) is 11.2 Å². The topological polar surface area (TPSA) is 60.2 Å². The summed E-state index contributed by atoms with van der Waals surface area (Å²) in [5.41, 5.74) is 0.0934. The van der Waals surface area contributed by atoms with Crippen molar-refractivity contribution in [1.82, 2.24) is 0 Å². The number of carbonyl (C=O) groups is 1. The van der Waals surface area contributed by atoms with E-state index in [0.29, 0.717) is 21.2 Å². The van der Waals surface area contributed by atoms with E-state index in [1.54, 1.807) is 18.2 Å². The van der Waals surface area contributed by atoms with Gasteiger partial charge >= 0.3 is 0 Å². The highest BCUT2D eigenvalue weighted by molar-refractivity contribution is 7.99. The van der Waals surface area contributed by atoms with Crippen molar-refractivity contribution in [2.45, 2.75) is 9.79 Å². The molecule has 0 bridgehead atoms. The van der Waals surface area contributed by atoms with Crippen LogP contribution in [0.3, 0.4) is 0 Å². The number of nitro benzene ring substituents is 1. The van der Waals surface area contributed by atoms with Crippen LogP contribution in [-0.2, 0) is 0 Å². The fourth-order valence-electron chi connectivity index (χ4n) is 1.56. The van der Waals surface area contributed by atoms with Gasteiger partial charge in [0.1, 0.15) is 4.90 Å². The Morgan fingerprint density at radius 1 is 1.15 bits per heavy atom. The SMILES string of the molecule is O=Cc1cccc([N+](=O)[O-])c1Sc1cccc(Cl)c1Cl. The van der Waals surface area contributed by atoms with Gasteiger partial charge in [0.2, 0.25) is 0 Å². The lowest BCUT2D eigenvalue weighted by Gasteiger charge is -2.08. The number of aldehydes is 1. The van der Waals surface area contributed by atoms with Gasteiger partial charge in [0, 0.05) is 16.5 Å². The normalized spacial score (nSPS) is 10.3. The minimum absolute atomic E-state index is 0.143. The predicted molar refractivity (Wildman–Crippen MR) is 79.1 cm³/mol. The van der Waals surface area contributed by atoms with Crippen molar-refractivity contribution in [1.29, 1.82) is 0 Å². The number of benzene rings is 2. The van der Waals surface area contributed by atoms with Gasteiger partial charge in [-0.25, -0.2) is 0 Å². The molecule has 2 aromatic rings. The second-order valence-corrected chi connectivity index (χ2v) is 5.56. The minimum atomic E-state index is -0.534. The molecular formula is C13H7Cl2NO3S. The maximum atomic E-state index is 11.0. The molecule has 0 amide bonds. The highest BCUT2D eigenvalue weighted by atomic mass is 35.5. The van der Waals surface area contributed by atoms with E-state index in [9.17, 15) is 14.9 Å². The first-order chi connectivity index (χ1) is 9.54. The summed E-state index contributed by atoms with van der Waals surface area (Å²) in [6.45, 7) is 0. The van der Waals surface area contributed by atoms with Gasteiger partial charge in [0.05, 0.1) is 15.0 Å². The van der Waals surface area contributed by atoms with E-state index in [0.717, 1.165) is 11.8 Å². The quantitative estimate of drug-likeness (QED) is 0.456. The molecule has 0 aliphatic heterocycles. The lowest BCUT2D eigenvalue weighted by Crippen LogP contribution is -1.95. The van der Waals surface area contributed by atoms with Crippen molar-refractivity contribution in [2.24, 2.45) is 0 Å². The summed E-state index contributed by atoms with van der Waals surface area (Å²) in [6.07, 6.45) is 0.577. The second kappa shape index (κ2) is 6.26. The monoisotopic (exact) mass is 327 g/mol. The minimum Gasteiger partial charge on any atom is -0.298 e. The molecule has 0 saturated carbocycles. The smallest absolute Gasteiger partial charge is 0.283 e. The molecule has 0 fully saturated rings. The summed E-state index contributed by atoms with van der Waals surface area (Å²) in [6, 6.07) is 9.31. The fourth-order valence-corrected chi connectivity index (χ4v) is 3.08. The van der Waals surface area contributed by atoms with E-state index < -0.39 is 4.92 Å². The second-order valence-electron chi connectivity index (χ2n) is 3.72. The first-order valence-corrected chi connectivity index (χ1v) is 6.96. The highest BCUT2D eigenvalue weighted by Gasteiger charge is 2.19. The molecule has 20 heavy (non-hydrogen) atoms. The zero-order chi connectivity index (χ0) is 14.7. The van der Waals surface area contributed by atoms with Crippen LogP contribution in [0.4, 0.5) is 5.69 Å². The molecule has 0 radical (unpaired) electrons. The number of rotatable bonds is 4. The van der Waals surface area contributed by atoms with Crippen LogP contribution in [0.5, 0.6) is 0 Å². The molecule has 4 nitrogen and oxygen atoms in total. The van der Waals surface area contributed by atoms with Gasteiger partial charge in [-0.1, -0.05) is 53.2 Å². The summed E-state index contributed by atoms with van der Waals surface area (Å²) in [4.78, 5) is 22.4. The molecule has 0 unspecified atom stereocenters. The Kier molecular flexibility index (Phi) is 4.65. The Hall–Kier alpha value is -1.56. The number of hydrogen-bond donors (Lipinski definition) is 0. The average molecular weight is 328 g/mol. The van der Waals surface area contributed by atoms with Crippen molar-refractivity contribution in [3.05, 3.63) is 62.1 Å². The molecular weight excluding hydrogens is 321 g/mol.